The van der Waals surface area contributed by atoms with Crippen LogP contribution in [-0.2, 0) is 6.42 Å². The molecule has 0 fully saturated rings. The molecule has 0 atom stereocenters. The molecule has 0 bridgehead atoms. The molecule has 94 valence electrons. The fourth-order valence-electron chi connectivity index (χ4n) is 1.81. The fourth-order valence-corrected chi connectivity index (χ4v) is 2.46. The maximum absolute atomic E-state index is 4.61. The summed E-state index contributed by atoms with van der Waals surface area (Å²) in [5.74, 6) is 1.60. The Labute approximate surface area is 116 Å². The fraction of sp³-hybridized carbons (Fsp3) is 0.286. The van der Waals surface area contributed by atoms with E-state index in [1.165, 1.54) is 5.56 Å². The summed E-state index contributed by atoms with van der Waals surface area (Å²) in [6, 6.07) is 8.24. The van der Waals surface area contributed by atoms with Gasteiger partial charge in [-0.15, -0.1) is 0 Å². The van der Waals surface area contributed by atoms with Gasteiger partial charge in [-0.05, 0) is 35.3 Å². The van der Waals surface area contributed by atoms with Crippen molar-refractivity contribution in [2.24, 2.45) is 0 Å². The van der Waals surface area contributed by atoms with Gasteiger partial charge in [0, 0.05) is 12.6 Å². The lowest BCUT2D eigenvalue weighted by Crippen LogP contribution is -2.02. The van der Waals surface area contributed by atoms with Crippen LogP contribution < -0.4 is 5.32 Å². The van der Waals surface area contributed by atoms with Crippen molar-refractivity contribution in [3.05, 3.63) is 40.0 Å². The smallest absolute Gasteiger partial charge is 0.161 e. The van der Waals surface area contributed by atoms with Gasteiger partial charge in [-0.2, -0.15) is 0 Å². The second-order valence-electron chi connectivity index (χ2n) is 4.13. The predicted octanol–water partition coefficient (Wildman–Crippen LogP) is 3.82. The molecule has 0 radical (unpaired) electrons. The number of nitrogens with one attached hydrogen (secondary N) is 1. The minimum atomic E-state index is 0.767. The van der Waals surface area contributed by atoms with Crippen molar-refractivity contribution >= 4 is 21.7 Å². The highest BCUT2D eigenvalue weighted by molar-refractivity contribution is 9.10. The van der Waals surface area contributed by atoms with Gasteiger partial charge in [0.1, 0.15) is 5.82 Å². The molecular formula is C14H16BrN3. The van der Waals surface area contributed by atoms with E-state index in [9.17, 15) is 0 Å². The number of nitrogens with zero attached hydrogens (tertiary/aromatic N) is 2. The molecule has 0 unspecified atom stereocenters. The molecule has 0 aliphatic rings. The number of aromatic nitrogens is 2. The van der Waals surface area contributed by atoms with E-state index in [-0.39, 0.29) is 0 Å². The summed E-state index contributed by atoms with van der Waals surface area (Å²) in [6.45, 7) is 4.16. The maximum Gasteiger partial charge on any atom is 0.161 e. The van der Waals surface area contributed by atoms with Gasteiger partial charge in [0.05, 0.1) is 10.2 Å². The molecule has 1 heterocycles. The van der Waals surface area contributed by atoms with Crippen molar-refractivity contribution in [3.63, 3.8) is 0 Å². The molecule has 18 heavy (non-hydrogen) atoms. The quantitative estimate of drug-likeness (QED) is 0.937. The van der Waals surface area contributed by atoms with Crippen LogP contribution in [0.5, 0.6) is 0 Å². The van der Waals surface area contributed by atoms with Crippen LogP contribution in [0.1, 0.15) is 18.2 Å². The molecule has 0 saturated heterocycles. The Bertz CT molecular complexity index is 542. The Hall–Kier alpha value is -1.42. The van der Waals surface area contributed by atoms with Crippen molar-refractivity contribution in [2.75, 3.05) is 12.4 Å². The number of halogens is 1. The summed E-state index contributed by atoms with van der Waals surface area (Å²) >= 11 is 3.54. The second kappa shape index (κ2) is 5.48. The summed E-state index contributed by atoms with van der Waals surface area (Å²) in [7, 11) is 1.87. The third kappa shape index (κ3) is 2.53. The Morgan fingerprint density at radius 1 is 1.28 bits per heavy atom. The summed E-state index contributed by atoms with van der Waals surface area (Å²) in [4.78, 5) is 9.15. The molecule has 1 aromatic heterocycles. The highest BCUT2D eigenvalue weighted by Gasteiger charge is 2.11. The number of benzene rings is 1. The monoisotopic (exact) mass is 305 g/mol. The molecule has 1 aromatic carbocycles. The molecule has 4 heteroatoms. The molecule has 1 N–H and O–H groups in total. The summed E-state index contributed by atoms with van der Waals surface area (Å²) < 4.78 is 0.948. The first-order chi connectivity index (χ1) is 8.65. The SMILES string of the molecule is CCc1nc(-c2cccc(C)c2)nc(NC)c1Br. The molecular weight excluding hydrogens is 290 g/mol. The van der Waals surface area contributed by atoms with Crippen LogP contribution >= 0.6 is 15.9 Å². The van der Waals surface area contributed by atoms with Crippen molar-refractivity contribution < 1.29 is 0 Å². The van der Waals surface area contributed by atoms with Crippen molar-refractivity contribution in [2.45, 2.75) is 20.3 Å². The largest absolute Gasteiger partial charge is 0.372 e. The Balaban J connectivity index is 2.58. The minimum Gasteiger partial charge on any atom is -0.372 e. The topological polar surface area (TPSA) is 37.8 Å². The van der Waals surface area contributed by atoms with E-state index in [1.807, 2.05) is 19.2 Å². The van der Waals surface area contributed by atoms with E-state index in [2.05, 4.69) is 57.2 Å². The zero-order valence-corrected chi connectivity index (χ0v) is 12.4. The third-order valence-corrected chi connectivity index (χ3v) is 3.60. The number of aryl methyl sites for hydroxylation is 2. The molecule has 0 spiro atoms. The Kier molecular flexibility index (Phi) is 3.97. The van der Waals surface area contributed by atoms with E-state index >= 15 is 0 Å². The number of rotatable bonds is 3. The van der Waals surface area contributed by atoms with Gasteiger partial charge < -0.3 is 5.32 Å². The van der Waals surface area contributed by atoms with Gasteiger partial charge in [0.2, 0.25) is 0 Å². The van der Waals surface area contributed by atoms with Crippen molar-refractivity contribution in [3.8, 4) is 11.4 Å². The zero-order chi connectivity index (χ0) is 13.1. The Morgan fingerprint density at radius 2 is 2.06 bits per heavy atom. The summed E-state index contributed by atoms with van der Waals surface area (Å²) in [5, 5.41) is 3.10. The van der Waals surface area contributed by atoms with Gasteiger partial charge in [-0.3, -0.25) is 0 Å². The number of hydrogen-bond acceptors (Lipinski definition) is 3. The maximum atomic E-state index is 4.61. The lowest BCUT2D eigenvalue weighted by atomic mass is 10.1. The molecule has 3 nitrogen and oxygen atoms in total. The van der Waals surface area contributed by atoms with Crippen LogP contribution in [0.4, 0.5) is 5.82 Å². The molecule has 0 aliphatic heterocycles. The van der Waals surface area contributed by atoms with Gasteiger partial charge in [-0.25, -0.2) is 9.97 Å². The molecule has 0 saturated carbocycles. The first-order valence-electron chi connectivity index (χ1n) is 5.97. The van der Waals surface area contributed by atoms with Crippen LogP contribution in [-0.4, -0.2) is 17.0 Å². The summed E-state index contributed by atoms with van der Waals surface area (Å²) in [6.07, 6.45) is 0.872. The first-order valence-corrected chi connectivity index (χ1v) is 6.76. The molecule has 0 aliphatic carbocycles. The zero-order valence-electron chi connectivity index (χ0n) is 10.8. The molecule has 2 rings (SSSR count). The summed E-state index contributed by atoms with van der Waals surface area (Å²) in [5.41, 5.74) is 3.28. The molecule has 2 aromatic rings. The minimum absolute atomic E-state index is 0.767. The lowest BCUT2D eigenvalue weighted by molar-refractivity contribution is 0.991. The average Bonchev–Trinajstić information content (AvgIpc) is 2.39. The van der Waals surface area contributed by atoms with Crippen LogP contribution in [0.25, 0.3) is 11.4 Å². The van der Waals surface area contributed by atoms with Crippen molar-refractivity contribution in [1.29, 1.82) is 0 Å². The van der Waals surface area contributed by atoms with Gasteiger partial charge >= 0.3 is 0 Å². The third-order valence-electron chi connectivity index (χ3n) is 2.77. The van der Waals surface area contributed by atoms with E-state index in [1.54, 1.807) is 0 Å². The second-order valence-corrected chi connectivity index (χ2v) is 4.92. The molecule has 0 amide bonds. The first kappa shape index (κ1) is 13.0. The average molecular weight is 306 g/mol. The van der Waals surface area contributed by atoms with Gasteiger partial charge in [0.15, 0.2) is 5.82 Å². The Morgan fingerprint density at radius 3 is 2.67 bits per heavy atom. The predicted molar refractivity (Wildman–Crippen MR) is 78.8 cm³/mol. The standard InChI is InChI=1S/C14H16BrN3/c1-4-11-12(15)14(16-3)18-13(17-11)10-7-5-6-9(2)8-10/h5-8H,4H2,1-3H3,(H,16,17,18). The van der Waals surface area contributed by atoms with Crippen molar-refractivity contribution in [1.82, 2.24) is 9.97 Å². The number of anilines is 1. The van der Waals surface area contributed by atoms with Crippen LogP contribution in [0.15, 0.2) is 28.7 Å². The van der Waals surface area contributed by atoms with E-state index in [0.717, 1.165) is 33.8 Å². The van der Waals surface area contributed by atoms with Gasteiger partial charge in [0.25, 0.3) is 0 Å². The number of hydrogen-bond donors (Lipinski definition) is 1. The normalized spacial score (nSPS) is 10.4. The van der Waals surface area contributed by atoms with Crippen LogP contribution in [0.3, 0.4) is 0 Å². The lowest BCUT2D eigenvalue weighted by Gasteiger charge is -2.10. The highest BCUT2D eigenvalue weighted by Crippen LogP contribution is 2.27. The highest BCUT2D eigenvalue weighted by atomic mass is 79.9. The van der Waals surface area contributed by atoms with Gasteiger partial charge in [-0.1, -0.05) is 30.7 Å². The van der Waals surface area contributed by atoms with E-state index in [0.29, 0.717) is 0 Å². The van der Waals surface area contributed by atoms with E-state index < -0.39 is 0 Å². The van der Waals surface area contributed by atoms with Crippen LogP contribution in [0.2, 0.25) is 0 Å². The van der Waals surface area contributed by atoms with E-state index in [4.69, 9.17) is 0 Å². The van der Waals surface area contributed by atoms with Crippen LogP contribution in [0, 0.1) is 6.92 Å².